The first kappa shape index (κ1) is 11.4. The normalized spacial score (nSPS) is 9.73. The zero-order valence-corrected chi connectivity index (χ0v) is 8.65. The van der Waals surface area contributed by atoms with Gasteiger partial charge in [-0.3, -0.25) is 4.79 Å². The number of hydrogen-bond donors (Lipinski definition) is 0. The van der Waals surface area contributed by atoms with Gasteiger partial charge in [0, 0.05) is 12.7 Å². The molecule has 0 unspecified atom stereocenters. The topological polar surface area (TPSA) is 52.6 Å². The van der Waals surface area contributed by atoms with Crippen LogP contribution in [0.5, 0.6) is 0 Å². The summed E-state index contributed by atoms with van der Waals surface area (Å²) in [7, 11) is 2.74. The highest BCUT2D eigenvalue weighted by Gasteiger charge is 2.09. The first-order valence-corrected chi connectivity index (χ1v) is 4.39. The molecule has 15 heavy (non-hydrogen) atoms. The summed E-state index contributed by atoms with van der Waals surface area (Å²) in [5.41, 5.74) is 0.805. The lowest BCUT2D eigenvalue weighted by Crippen LogP contribution is -2.09. The molecule has 0 spiro atoms. The van der Waals surface area contributed by atoms with E-state index in [1.807, 2.05) is 0 Å². The first-order chi connectivity index (χ1) is 7.19. The van der Waals surface area contributed by atoms with E-state index in [1.165, 1.54) is 20.3 Å². The van der Waals surface area contributed by atoms with Gasteiger partial charge in [0.1, 0.15) is 6.61 Å². The average Bonchev–Trinajstić information content (AvgIpc) is 2.28. The molecule has 0 N–H and O–H groups in total. The third-order valence-corrected chi connectivity index (χ3v) is 1.88. The Morgan fingerprint density at radius 2 is 1.87 bits per heavy atom. The third-order valence-electron chi connectivity index (χ3n) is 1.88. The molecule has 0 atom stereocenters. The third kappa shape index (κ3) is 2.89. The van der Waals surface area contributed by atoms with Gasteiger partial charge in [-0.2, -0.15) is 0 Å². The Hall–Kier alpha value is -1.68. The maximum absolute atomic E-state index is 11.4. The van der Waals surface area contributed by atoms with E-state index < -0.39 is 5.97 Å². The Labute approximate surface area is 87.8 Å². The van der Waals surface area contributed by atoms with Gasteiger partial charge in [-0.1, -0.05) is 12.1 Å². The molecule has 0 amide bonds. The Kier molecular flexibility index (Phi) is 4.00. The van der Waals surface area contributed by atoms with Crippen molar-refractivity contribution in [1.29, 1.82) is 0 Å². The summed E-state index contributed by atoms with van der Waals surface area (Å²) in [4.78, 5) is 22.6. The molecule has 0 radical (unpaired) electrons. The number of hydrogen-bond acceptors (Lipinski definition) is 4. The van der Waals surface area contributed by atoms with Gasteiger partial charge in [0.15, 0.2) is 5.78 Å². The van der Waals surface area contributed by atoms with Gasteiger partial charge in [-0.15, -0.1) is 0 Å². The molecule has 80 valence electrons. The smallest absolute Gasteiger partial charge is 0.337 e. The molecule has 4 heteroatoms. The number of rotatable bonds is 4. The predicted octanol–water partition coefficient (Wildman–Crippen LogP) is 1.30. The number of esters is 1. The summed E-state index contributed by atoms with van der Waals surface area (Å²) in [6, 6.07) is 6.35. The van der Waals surface area contributed by atoms with Crippen molar-refractivity contribution in [2.75, 3.05) is 20.8 Å². The standard InChI is InChI=1S/C11H12O4/c1-14-7-10(12)8-4-3-5-9(6-8)11(13)15-2/h3-6H,7H2,1-2H3. The minimum absolute atomic E-state index is 0.00459. The van der Waals surface area contributed by atoms with Gasteiger partial charge in [-0.05, 0) is 12.1 Å². The fourth-order valence-electron chi connectivity index (χ4n) is 1.15. The predicted molar refractivity (Wildman–Crippen MR) is 54.0 cm³/mol. The number of ether oxygens (including phenoxy) is 2. The highest BCUT2D eigenvalue weighted by Crippen LogP contribution is 2.07. The summed E-state index contributed by atoms with van der Waals surface area (Å²) in [5.74, 6) is -0.620. The van der Waals surface area contributed by atoms with Crippen LogP contribution in [0.25, 0.3) is 0 Å². The van der Waals surface area contributed by atoms with E-state index in [9.17, 15) is 9.59 Å². The summed E-state index contributed by atoms with van der Waals surface area (Å²) >= 11 is 0. The van der Waals surface area contributed by atoms with Crippen LogP contribution in [0.4, 0.5) is 0 Å². The Morgan fingerprint density at radius 1 is 1.20 bits per heavy atom. The molecule has 0 heterocycles. The molecule has 0 saturated heterocycles. The molecule has 4 nitrogen and oxygen atoms in total. The first-order valence-electron chi connectivity index (χ1n) is 4.39. The van der Waals surface area contributed by atoms with Gasteiger partial charge in [-0.25, -0.2) is 4.79 Å². The van der Waals surface area contributed by atoms with Crippen molar-refractivity contribution in [3.05, 3.63) is 35.4 Å². The van der Waals surface area contributed by atoms with Crippen LogP contribution in [0.2, 0.25) is 0 Å². The molecule has 0 saturated carbocycles. The van der Waals surface area contributed by atoms with Gasteiger partial charge >= 0.3 is 5.97 Å². The molecule has 0 fully saturated rings. The molecule has 0 bridgehead atoms. The summed E-state index contributed by atoms with van der Waals surface area (Å²) < 4.78 is 9.27. The summed E-state index contributed by atoms with van der Waals surface area (Å²) in [6.07, 6.45) is 0. The van der Waals surface area contributed by atoms with Crippen LogP contribution in [0.3, 0.4) is 0 Å². The second kappa shape index (κ2) is 5.26. The second-order valence-electron chi connectivity index (χ2n) is 2.93. The van der Waals surface area contributed by atoms with Crippen molar-refractivity contribution in [2.24, 2.45) is 0 Å². The van der Waals surface area contributed by atoms with Crippen molar-refractivity contribution in [1.82, 2.24) is 0 Å². The maximum atomic E-state index is 11.4. The number of carbonyl (C=O) groups excluding carboxylic acids is 2. The van der Waals surface area contributed by atoms with Crippen LogP contribution in [0, 0.1) is 0 Å². The van der Waals surface area contributed by atoms with Crippen LogP contribution in [-0.2, 0) is 9.47 Å². The zero-order chi connectivity index (χ0) is 11.3. The zero-order valence-electron chi connectivity index (χ0n) is 8.65. The van der Waals surface area contributed by atoms with E-state index in [2.05, 4.69) is 4.74 Å². The Morgan fingerprint density at radius 3 is 2.47 bits per heavy atom. The van der Waals surface area contributed by atoms with Crippen molar-refractivity contribution in [3.8, 4) is 0 Å². The molecule has 1 aromatic rings. The number of ketones is 1. The highest BCUT2D eigenvalue weighted by molar-refractivity contribution is 5.99. The van der Waals surface area contributed by atoms with Gasteiger partial charge in [0.05, 0.1) is 12.7 Å². The monoisotopic (exact) mass is 208 g/mol. The van der Waals surface area contributed by atoms with Crippen molar-refractivity contribution in [3.63, 3.8) is 0 Å². The van der Waals surface area contributed by atoms with E-state index in [1.54, 1.807) is 18.2 Å². The van der Waals surface area contributed by atoms with Crippen molar-refractivity contribution >= 4 is 11.8 Å². The van der Waals surface area contributed by atoms with Crippen molar-refractivity contribution in [2.45, 2.75) is 0 Å². The summed E-state index contributed by atoms with van der Waals surface area (Å²) in [6.45, 7) is 0.00459. The van der Waals surface area contributed by atoms with E-state index >= 15 is 0 Å². The van der Waals surface area contributed by atoms with E-state index in [0.29, 0.717) is 11.1 Å². The number of methoxy groups -OCH3 is 2. The lowest BCUT2D eigenvalue weighted by Gasteiger charge is -2.02. The van der Waals surface area contributed by atoms with E-state index in [0.717, 1.165) is 0 Å². The summed E-state index contributed by atoms with van der Waals surface area (Å²) in [5, 5.41) is 0. The lowest BCUT2D eigenvalue weighted by atomic mass is 10.1. The van der Waals surface area contributed by atoms with E-state index in [4.69, 9.17) is 4.74 Å². The average molecular weight is 208 g/mol. The molecule has 0 aliphatic heterocycles. The van der Waals surface area contributed by atoms with Gasteiger partial charge in [0.25, 0.3) is 0 Å². The molecule has 0 aromatic heterocycles. The lowest BCUT2D eigenvalue weighted by molar-refractivity contribution is 0.0600. The van der Waals surface area contributed by atoms with Crippen molar-refractivity contribution < 1.29 is 19.1 Å². The quantitative estimate of drug-likeness (QED) is 0.553. The van der Waals surface area contributed by atoms with E-state index in [-0.39, 0.29) is 12.4 Å². The molecule has 1 aromatic carbocycles. The second-order valence-corrected chi connectivity index (χ2v) is 2.93. The molecular weight excluding hydrogens is 196 g/mol. The van der Waals surface area contributed by atoms with Crippen LogP contribution in [0.1, 0.15) is 20.7 Å². The number of carbonyl (C=O) groups is 2. The van der Waals surface area contributed by atoms with Gasteiger partial charge in [0.2, 0.25) is 0 Å². The largest absolute Gasteiger partial charge is 0.465 e. The molecule has 1 rings (SSSR count). The minimum Gasteiger partial charge on any atom is -0.465 e. The highest BCUT2D eigenvalue weighted by atomic mass is 16.5. The van der Waals surface area contributed by atoms with Crippen LogP contribution >= 0.6 is 0 Å². The van der Waals surface area contributed by atoms with Crippen LogP contribution in [0.15, 0.2) is 24.3 Å². The Bertz CT molecular complexity index is 371. The fraction of sp³-hybridized carbons (Fsp3) is 0.273. The van der Waals surface area contributed by atoms with Gasteiger partial charge < -0.3 is 9.47 Å². The molecular formula is C11H12O4. The number of benzene rings is 1. The molecule has 0 aliphatic rings. The number of Topliss-reactive ketones (excluding diaryl/α,β-unsaturated/α-hetero) is 1. The van der Waals surface area contributed by atoms with Crippen LogP contribution in [-0.4, -0.2) is 32.6 Å². The Balaban J connectivity index is 2.92. The fourth-order valence-corrected chi connectivity index (χ4v) is 1.15. The maximum Gasteiger partial charge on any atom is 0.337 e. The minimum atomic E-state index is -0.456. The molecule has 0 aliphatic carbocycles. The van der Waals surface area contributed by atoms with Crippen LogP contribution < -0.4 is 0 Å². The SMILES string of the molecule is COCC(=O)c1cccc(C(=O)OC)c1.